The number of nitrogens with two attached hydrogens (primary N) is 1. The van der Waals surface area contributed by atoms with Gasteiger partial charge in [-0.25, -0.2) is 0 Å². The summed E-state index contributed by atoms with van der Waals surface area (Å²) >= 11 is 0. The quantitative estimate of drug-likeness (QED) is 0.589. The van der Waals surface area contributed by atoms with Crippen molar-refractivity contribution in [2.75, 3.05) is 13.7 Å². The number of hydrogen-bond donors (Lipinski definition) is 1. The van der Waals surface area contributed by atoms with Crippen molar-refractivity contribution >= 4 is 17.9 Å². The van der Waals surface area contributed by atoms with Crippen LogP contribution in [0.25, 0.3) is 6.08 Å². The second kappa shape index (κ2) is 10.2. The molecule has 6 heteroatoms. The fourth-order valence-electron chi connectivity index (χ4n) is 3.30. The van der Waals surface area contributed by atoms with E-state index in [1.807, 2.05) is 4.90 Å². The van der Waals surface area contributed by atoms with Gasteiger partial charge in [-0.15, -0.1) is 0 Å². The molecule has 0 unspecified atom stereocenters. The summed E-state index contributed by atoms with van der Waals surface area (Å²) in [6, 6.07) is 14.1. The third-order valence-electron chi connectivity index (χ3n) is 5.25. The molecule has 2 aromatic carbocycles. The molecule has 3 rings (SSSR count). The number of benzene rings is 2. The van der Waals surface area contributed by atoms with Gasteiger partial charge < -0.3 is 20.1 Å². The van der Waals surface area contributed by atoms with Crippen molar-refractivity contribution in [1.29, 1.82) is 0 Å². The predicted molar refractivity (Wildman–Crippen MR) is 121 cm³/mol. The van der Waals surface area contributed by atoms with Gasteiger partial charge in [0, 0.05) is 18.7 Å². The Morgan fingerprint density at radius 2 is 1.84 bits per heavy atom. The predicted octanol–water partition coefficient (Wildman–Crippen LogP) is 3.89. The van der Waals surface area contributed by atoms with Gasteiger partial charge in [0.25, 0.3) is 5.91 Å². The Morgan fingerprint density at radius 3 is 2.42 bits per heavy atom. The highest BCUT2D eigenvalue weighted by Gasteiger charge is 2.31. The fourth-order valence-corrected chi connectivity index (χ4v) is 3.30. The molecular formula is C25H30N2O4. The average Bonchev–Trinajstić information content (AvgIpc) is 3.60. The zero-order valence-electron chi connectivity index (χ0n) is 18.3. The average molecular weight is 423 g/mol. The lowest BCUT2D eigenvalue weighted by Gasteiger charge is -2.21. The summed E-state index contributed by atoms with van der Waals surface area (Å²) in [6.07, 6.45) is 5.45. The van der Waals surface area contributed by atoms with Crippen LogP contribution in [0.2, 0.25) is 0 Å². The van der Waals surface area contributed by atoms with Crippen LogP contribution in [-0.4, -0.2) is 36.5 Å². The smallest absolute Gasteiger partial charge is 0.255 e. The van der Waals surface area contributed by atoms with Gasteiger partial charge in [0.1, 0.15) is 0 Å². The van der Waals surface area contributed by atoms with Crippen LogP contribution in [-0.2, 0) is 16.1 Å². The number of amides is 2. The first-order valence-corrected chi connectivity index (χ1v) is 10.5. The van der Waals surface area contributed by atoms with Crippen LogP contribution in [0.4, 0.5) is 0 Å². The molecule has 164 valence electrons. The molecule has 0 aromatic heterocycles. The van der Waals surface area contributed by atoms with Crippen LogP contribution in [0.5, 0.6) is 11.5 Å². The maximum atomic E-state index is 12.9. The molecule has 1 fully saturated rings. The Hall–Kier alpha value is -3.28. The van der Waals surface area contributed by atoms with Crippen LogP contribution in [0.3, 0.4) is 0 Å². The van der Waals surface area contributed by atoms with Crippen LogP contribution in [0, 0.1) is 0 Å². The van der Waals surface area contributed by atoms with E-state index >= 15 is 0 Å². The summed E-state index contributed by atoms with van der Waals surface area (Å²) in [5.41, 5.74) is 8.35. The number of rotatable bonds is 10. The Labute approximate surface area is 183 Å². The first-order chi connectivity index (χ1) is 14.9. The van der Waals surface area contributed by atoms with Gasteiger partial charge in [0.15, 0.2) is 18.1 Å². The van der Waals surface area contributed by atoms with Crippen LogP contribution in [0.15, 0.2) is 48.5 Å². The summed E-state index contributed by atoms with van der Waals surface area (Å²) in [5, 5.41) is 0. The molecule has 1 aliphatic rings. The van der Waals surface area contributed by atoms with E-state index in [9.17, 15) is 9.59 Å². The zero-order valence-corrected chi connectivity index (χ0v) is 18.3. The second-order valence-electron chi connectivity index (χ2n) is 8.09. The first kappa shape index (κ1) is 22.4. The number of carbonyl (C=O) groups excluding carboxylic acids is 2. The van der Waals surface area contributed by atoms with E-state index in [-0.39, 0.29) is 12.5 Å². The van der Waals surface area contributed by atoms with Gasteiger partial charge in [-0.3, -0.25) is 9.59 Å². The Balaban J connectivity index is 1.68. The summed E-state index contributed by atoms with van der Waals surface area (Å²) in [6.45, 7) is 4.73. The molecule has 2 aromatic rings. The van der Waals surface area contributed by atoms with Crippen molar-refractivity contribution < 1.29 is 19.1 Å². The highest BCUT2D eigenvalue weighted by Crippen LogP contribution is 2.30. The number of carbonyl (C=O) groups is 2. The fraction of sp³-hybridized carbons (Fsp3) is 0.360. The number of ether oxygens (including phenoxy) is 2. The minimum atomic E-state index is -0.560. The van der Waals surface area contributed by atoms with Gasteiger partial charge in [0.2, 0.25) is 5.91 Å². The standard InChI is InChI=1S/C25H30N2O4/c1-17(2)20-8-4-19(5-9-20)15-27(21-10-11-21)25(29)13-7-18-6-12-22(23(14-18)30-3)31-16-24(26)28/h4-9,12-14,17,21H,10-11,15-16H2,1-3H3,(H2,26,28)/b13-7+. The summed E-state index contributed by atoms with van der Waals surface area (Å²) in [5.74, 6) is 0.816. The van der Waals surface area contributed by atoms with Gasteiger partial charge >= 0.3 is 0 Å². The summed E-state index contributed by atoms with van der Waals surface area (Å²) in [4.78, 5) is 25.8. The third-order valence-corrected chi connectivity index (χ3v) is 5.25. The maximum Gasteiger partial charge on any atom is 0.255 e. The highest BCUT2D eigenvalue weighted by molar-refractivity contribution is 5.92. The van der Waals surface area contributed by atoms with Crippen molar-refractivity contribution in [3.05, 3.63) is 65.2 Å². The Morgan fingerprint density at radius 1 is 1.13 bits per heavy atom. The zero-order chi connectivity index (χ0) is 22.4. The lowest BCUT2D eigenvalue weighted by atomic mass is 10.0. The summed E-state index contributed by atoms with van der Waals surface area (Å²) in [7, 11) is 1.52. The lowest BCUT2D eigenvalue weighted by molar-refractivity contribution is -0.127. The molecule has 0 heterocycles. The van der Waals surface area contributed by atoms with E-state index < -0.39 is 5.91 Å². The molecule has 0 aliphatic heterocycles. The Bertz CT molecular complexity index is 946. The molecule has 0 spiro atoms. The van der Waals surface area contributed by atoms with Crippen LogP contribution in [0.1, 0.15) is 49.3 Å². The Kier molecular flexibility index (Phi) is 7.34. The van der Waals surface area contributed by atoms with Gasteiger partial charge in [-0.05, 0) is 53.7 Å². The molecule has 1 saturated carbocycles. The number of primary amides is 1. The van der Waals surface area contributed by atoms with Gasteiger partial charge in [-0.1, -0.05) is 44.2 Å². The van der Waals surface area contributed by atoms with E-state index in [1.165, 1.54) is 12.7 Å². The van der Waals surface area contributed by atoms with E-state index in [4.69, 9.17) is 15.2 Å². The van der Waals surface area contributed by atoms with Gasteiger partial charge in [-0.2, -0.15) is 0 Å². The molecule has 2 amide bonds. The highest BCUT2D eigenvalue weighted by atomic mass is 16.5. The molecular weight excluding hydrogens is 392 g/mol. The maximum absolute atomic E-state index is 12.9. The molecule has 0 radical (unpaired) electrons. The molecule has 1 aliphatic carbocycles. The lowest BCUT2D eigenvalue weighted by Crippen LogP contribution is -2.31. The van der Waals surface area contributed by atoms with Crippen molar-refractivity contribution in [2.45, 2.75) is 45.2 Å². The minimum Gasteiger partial charge on any atom is -0.493 e. The molecule has 2 N–H and O–H groups in total. The van der Waals surface area contributed by atoms with E-state index in [1.54, 1.807) is 30.4 Å². The second-order valence-corrected chi connectivity index (χ2v) is 8.09. The molecule has 0 bridgehead atoms. The van der Waals surface area contributed by atoms with Crippen molar-refractivity contribution in [3.63, 3.8) is 0 Å². The number of methoxy groups -OCH3 is 1. The van der Waals surface area contributed by atoms with Crippen LogP contribution >= 0.6 is 0 Å². The third kappa shape index (κ3) is 6.35. The van der Waals surface area contributed by atoms with Gasteiger partial charge in [0.05, 0.1) is 7.11 Å². The molecule has 31 heavy (non-hydrogen) atoms. The normalized spacial score (nSPS) is 13.4. The summed E-state index contributed by atoms with van der Waals surface area (Å²) < 4.78 is 10.7. The molecule has 0 atom stereocenters. The first-order valence-electron chi connectivity index (χ1n) is 10.5. The van der Waals surface area contributed by atoms with E-state index in [2.05, 4.69) is 38.1 Å². The number of nitrogens with zero attached hydrogens (tertiary/aromatic N) is 1. The number of hydrogen-bond acceptors (Lipinski definition) is 4. The van der Waals surface area contributed by atoms with Crippen molar-refractivity contribution in [1.82, 2.24) is 4.90 Å². The molecule has 6 nitrogen and oxygen atoms in total. The van der Waals surface area contributed by atoms with Crippen LogP contribution < -0.4 is 15.2 Å². The van der Waals surface area contributed by atoms with E-state index in [0.717, 1.165) is 24.0 Å². The minimum absolute atomic E-state index is 0.0107. The van der Waals surface area contributed by atoms with Crippen molar-refractivity contribution in [3.8, 4) is 11.5 Å². The SMILES string of the molecule is COc1cc(/C=C/C(=O)N(Cc2ccc(C(C)C)cc2)C2CC2)ccc1OCC(N)=O. The largest absolute Gasteiger partial charge is 0.493 e. The topological polar surface area (TPSA) is 81.9 Å². The monoisotopic (exact) mass is 422 g/mol. The molecule has 0 saturated heterocycles. The van der Waals surface area contributed by atoms with E-state index in [0.29, 0.717) is 30.0 Å². The van der Waals surface area contributed by atoms with Crippen molar-refractivity contribution in [2.24, 2.45) is 5.73 Å².